The number of aromatic nitrogens is 2. The average Bonchev–Trinajstić information content (AvgIpc) is 2.55. The molecule has 15 heavy (non-hydrogen) atoms. The quantitative estimate of drug-likeness (QED) is 0.873. The van der Waals surface area contributed by atoms with Crippen LogP contribution in [0.4, 0.5) is 0 Å². The summed E-state index contributed by atoms with van der Waals surface area (Å²) >= 11 is 3.51. The van der Waals surface area contributed by atoms with Crippen LogP contribution in [0.5, 0.6) is 0 Å². The van der Waals surface area contributed by atoms with Crippen molar-refractivity contribution in [3.8, 4) is 0 Å². The number of halogens is 1. The van der Waals surface area contributed by atoms with E-state index < -0.39 is 0 Å². The molecule has 1 aliphatic heterocycles. The summed E-state index contributed by atoms with van der Waals surface area (Å²) in [5.41, 5.74) is 6.96. The Morgan fingerprint density at radius 3 is 2.93 bits per heavy atom. The molecule has 0 fully saturated rings. The van der Waals surface area contributed by atoms with E-state index in [1.807, 2.05) is 0 Å². The number of likely N-dealkylation sites (N-methyl/N-ethyl adjacent to an activating group) is 1. The van der Waals surface area contributed by atoms with Crippen LogP contribution in [0.25, 0.3) is 0 Å². The van der Waals surface area contributed by atoms with Crippen molar-refractivity contribution in [2.75, 3.05) is 14.1 Å². The Morgan fingerprint density at radius 2 is 2.33 bits per heavy atom. The van der Waals surface area contributed by atoms with E-state index in [1.165, 1.54) is 12.1 Å². The monoisotopic (exact) mass is 272 g/mol. The summed E-state index contributed by atoms with van der Waals surface area (Å²) in [7, 11) is 4.27. The molecule has 2 N–H and O–H groups in total. The van der Waals surface area contributed by atoms with E-state index >= 15 is 0 Å². The first-order valence-corrected chi connectivity index (χ1v) is 6.03. The molecular formula is C10H17BrN4. The van der Waals surface area contributed by atoms with Crippen molar-refractivity contribution in [2.24, 2.45) is 5.73 Å². The summed E-state index contributed by atoms with van der Waals surface area (Å²) in [4.78, 5) is 6.72. The highest BCUT2D eigenvalue weighted by Crippen LogP contribution is 2.26. The van der Waals surface area contributed by atoms with E-state index in [2.05, 4.69) is 44.5 Å². The highest BCUT2D eigenvalue weighted by molar-refractivity contribution is 9.10. The van der Waals surface area contributed by atoms with Crippen LogP contribution in [0.15, 0.2) is 4.60 Å². The summed E-state index contributed by atoms with van der Waals surface area (Å²) in [5, 5.41) is 0. The zero-order valence-electron chi connectivity index (χ0n) is 9.20. The highest BCUT2D eigenvalue weighted by Gasteiger charge is 2.24. The largest absolute Gasteiger partial charge is 0.330 e. The summed E-state index contributed by atoms with van der Waals surface area (Å²) in [6.45, 7) is 1.55. The SMILES string of the molecule is CN(C)C1CCn2c(CN)nc(Br)c2C1. The number of nitrogens with zero attached hydrogens (tertiary/aromatic N) is 3. The summed E-state index contributed by atoms with van der Waals surface area (Å²) in [6, 6.07) is 0.621. The summed E-state index contributed by atoms with van der Waals surface area (Å²) in [6.07, 6.45) is 2.23. The van der Waals surface area contributed by atoms with Crippen molar-refractivity contribution in [3.05, 3.63) is 16.1 Å². The van der Waals surface area contributed by atoms with Crippen LogP contribution in [0.1, 0.15) is 17.9 Å². The summed E-state index contributed by atoms with van der Waals surface area (Å²) in [5.74, 6) is 0.995. The molecule has 1 aliphatic rings. The normalized spacial score (nSPS) is 20.7. The van der Waals surface area contributed by atoms with E-state index in [0.29, 0.717) is 12.6 Å². The fourth-order valence-corrected chi connectivity index (χ4v) is 2.74. The van der Waals surface area contributed by atoms with Crippen LogP contribution >= 0.6 is 15.9 Å². The van der Waals surface area contributed by atoms with Gasteiger partial charge in [0.25, 0.3) is 0 Å². The van der Waals surface area contributed by atoms with Gasteiger partial charge in [0.1, 0.15) is 10.4 Å². The van der Waals surface area contributed by atoms with Crippen LogP contribution < -0.4 is 5.73 Å². The van der Waals surface area contributed by atoms with Gasteiger partial charge in [0.2, 0.25) is 0 Å². The number of hydrogen-bond donors (Lipinski definition) is 1. The van der Waals surface area contributed by atoms with Gasteiger partial charge in [-0.05, 0) is 36.4 Å². The number of fused-ring (bicyclic) bond motifs is 1. The van der Waals surface area contributed by atoms with Gasteiger partial charge in [-0.25, -0.2) is 4.98 Å². The Balaban J connectivity index is 2.30. The van der Waals surface area contributed by atoms with Crippen LogP contribution in [-0.4, -0.2) is 34.6 Å². The second-order valence-electron chi connectivity index (χ2n) is 4.23. The van der Waals surface area contributed by atoms with Crippen molar-refractivity contribution >= 4 is 15.9 Å². The Hall–Kier alpha value is -0.390. The smallest absolute Gasteiger partial charge is 0.127 e. The predicted molar refractivity (Wildman–Crippen MR) is 63.6 cm³/mol. The van der Waals surface area contributed by atoms with E-state index in [1.54, 1.807) is 0 Å². The number of hydrogen-bond acceptors (Lipinski definition) is 3. The molecule has 2 rings (SSSR count). The first kappa shape index (κ1) is 11.1. The van der Waals surface area contributed by atoms with Crippen LogP contribution in [0, 0.1) is 0 Å². The molecule has 1 aromatic heterocycles. The van der Waals surface area contributed by atoms with Crippen LogP contribution in [-0.2, 0) is 19.5 Å². The van der Waals surface area contributed by atoms with Gasteiger partial charge in [0, 0.05) is 19.0 Å². The minimum Gasteiger partial charge on any atom is -0.330 e. The van der Waals surface area contributed by atoms with Crippen LogP contribution in [0.3, 0.4) is 0 Å². The van der Waals surface area contributed by atoms with E-state index in [9.17, 15) is 0 Å². The molecule has 0 spiro atoms. The van der Waals surface area contributed by atoms with Gasteiger partial charge in [0.15, 0.2) is 0 Å². The number of nitrogens with two attached hydrogens (primary N) is 1. The fourth-order valence-electron chi connectivity index (χ4n) is 2.16. The lowest BCUT2D eigenvalue weighted by Gasteiger charge is -2.29. The molecule has 0 aromatic carbocycles. The molecule has 0 saturated carbocycles. The van der Waals surface area contributed by atoms with Gasteiger partial charge in [-0.3, -0.25) is 0 Å². The highest BCUT2D eigenvalue weighted by atomic mass is 79.9. The first-order valence-electron chi connectivity index (χ1n) is 5.23. The van der Waals surface area contributed by atoms with Crippen molar-refractivity contribution in [1.82, 2.24) is 14.5 Å². The molecule has 2 heterocycles. The third-order valence-electron chi connectivity index (χ3n) is 3.13. The third kappa shape index (κ3) is 1.96. The molecule has 0 saturated heterocycles. The minimum atomic E-state index is 0.519. The lowest BCUT2D eigenvalue weighted by molar-refractivity contribution is 0.243. The zero-order chi connectivity index (χ0) is 11.0. The molecule has 1 unspecified atom stereocenters. The molecule has 0 bridgehead atoms. The van der Waals surface area contributed by atoms with Gasteiger partial charge >= 0.3 is 0 Å². The van der Waals surface area contributed by atoms with Gasteiger partial charge in [-0.15, -0.1) is 0 Å². The third-order valence-corrected chi connectivity index (χ3v) is 3.77. The molecule has 5 heteroatoms. The Bertz CT molecular complexity index is 359. The van der Waals surface area contributed by atoms with Crippen molar-refractivity contribution < 1.29 is 0 Å². The van der Waals surface area contributed by atoms with Gasteiger partial charge in [-0.2, -0.15) is 0 Å². The van der Waals surface area contributed by atoms with Crippen molar-refractivity contribution in [1.29, 1.82) is 0 Å². The molecule has 84 valence electrons. The topological polar surface area (TPSA) is 47.1 Å². The lowest BCUT2D eigenvalue weighted by atomic mass is 10.0. The standard InChI is InChI=1S/C10H17BrN4/c1-14(2)7-3-4-15-8(5-7)10(11)13-9(15)6-12/h7H,3-6,12H2,1-2H3. The summed E-state index contributed by atoms with van der Waals surface area (Å²) < 4.78 is 3.22. The molecule has 0 radical (unpaired) electrons. The minimum absolute atomic E-state index is 0.519. The first-order chi connectivity index (χ1) is 7.13. The second kappa shape index (κ2) is 4.23. The van der Waals surface area contributed by atoms with Crippen molar-refractivity contribution in [2.45, 2.75) is 32.0 Å². The van der Waals surface area contributed by atoms with Crippen LogP contribution in [0.2, 0.25) is 0 Å². The average molecular weight is 273 g/mol. The van der Waals surface area contributed by atoms with E-state index in [-0.39, 0.29) is 0 Å². The molecule has 1 aromatic rings. The maximum absolute atomic E-state index is 5.67. The Kier molecular flexibility index (Phi) is 3.13. The maximum Gasteiger partial charge on any atom is 0.127 e. The molecule has 0 amide bonds. The fraction of sp³-hybridized carbons (Fsp3) is 0.700. The Morgan fingerprint density at radius 1 is 1.60 bits per heavy atom. The number of rotatable bonds is 2. The van der Waals surface area contributed by atoms with Crippen molar-refractivity contribution in [3.63, 3.8) is 0 Å². The molecule has 4 nitrogen and oxygen atoms in total. The van der Waals surface area contributed by atoms with E-state index in [4.69, 9.17) is 5.73 Å². The second-order valence-corrected chi connectivity index (χ2v) is 4.98. The number of imidazole rings is 1. The molecule has 0 aliphatic carbocycles. The van der Waals surface area contributed by atoms with E-state index in [0.717, 1.165) is 23.4 Å². The van der Waals surface area contributed by atoms with Gasteiger partial charge in [0.05, 0.1) is 12.2 Å². The zero-order valence-corrected chi connectivity index (χ0v) is 10.8. The van der Waals surface area contributed by atoms with Gasteiger partial charge < -0.3 is 15.2 Å². The van der Waals surface area contributed by atoms with Gasteiger partial charge in [-0.1, -0.05) is 0 Å². The molecule has 1 atom stereocenters. The lowest BCUT2D eigenvalue weighted by Crippen LogP contribution is -2.35. The predicted octanol–water partition coefficient (Wildman–Crippen LogP) is 0.981. The Labute approximate surface area is 98.6 Å². The molecular weight excluding hydrogens is 256 g/mol. The maximum atomic E-state index is 5.67.